The van der Waals surface area contributed by atoms with Crippen LogP contribution in [0, 0.1) is 0 Å². The van der Waals surface area contributed by atoms with Crippen molar-refractivity contribution < 1.29 is 14.9 Å². The lowest BCUT2D eigenvalue weighted by Crippen LogP contribution is -2.27. The van der Waals surface area contributed by atoms with Gasteiger partial charge in [-0.15, -0.1) is 0 Å². The first-order chi connectivity index (χ1) is 7.03. The van der Waals surface area contributed by atoms with Gasteiger partial charge in [0.15, 0.2) is 0 Å². The average molecular weight is 206 g/mol. The number of fused-ring (bicyclic) bond motifs is 1. The number of benzene rings is 1. The predicted octanol–water partition coefficient (Wildman–Crippen LogP) is 2.07. The number of aromatic hydroxyl groups is 1. The summed E-state index contributed by atoms with van der Waals surface area (Å²) < 4.78 is 5.67. The first kappa shape index (κ1) is 10.1. The van der Waals surface area contributed by atoms with E-state index < -0.39 is 0 Å². The molecule has 0 bridgehead atoms. The fraction of sp³-hybridized carbons (Fsp3) is 0.333. The van der Waals surface area contributed by atoms with Crippen molar-refractivity contribution >= 4 is 6.08 Å². The molecule has 1 aromatic rings. The Morgan fingerprint density at radius 3 is 2.73 bits per heavy atom. The van der Waals surface area contributed by atoms with Crippen LogP contribution in [0.4, 0.5) is 0 Å². The van der Waals surface area contributed by atoms with Crippen molar-refractivity contribution in [3.63, 3.8) is 0 Å². The lowest BCUT2D eigenvalue weighted by molar-refractivity contribution is 0.158. The van der Waals surface area contributed by atoms with Gasteiger partial charge in [0, 0.05) is 5.56 Å². The van der Waals surface area contributed by atoms with E-state index in [0.29, 0.717) is 16.9 Å². The second-order valence-corrected chi connectivity index (χ2v) is 4.18. The number of rotatable bonds is 1. The second kappa shape index (κ2) is 3.28. The lowest BCUT2D eigenvalue weighted by Gasteiger charge is -2.28. The quantitative estimate of drug-likeness (QED) is 0.739. The van der Waals surface area contributed by atoms with Gasteiger partial charge in [-0.25, -0.2) is 0 Å². The summed E-state index contributed by atoms with van der Waals surface area (Å²) in [6, 6.07) is 3.44. The van der Waals surface area contributed by atoms with E-state index in [4.69, 9.17) is 9.84 Å². The van der Waals surface area contributed by atoms with Crippen molar-refractivity contribution in [3.8, 4) is 11.5 Å². The molecule has 1 aliphatic rings. The molecular weight excluding hydrogens is 192 g/mol. The molecule has 0 unspecified atom stereocenters. The summed E-state index contributed by atoms with van der Waals surface area (Å²) in [6.07, 6.45) is 3.71. The molecular formula is C12H14O3. The molecule has 1 aliphatic heterocycles. The van der Waals surface area contributed by atoms with E-state index in [2.05, 4.69) is 0 Å². The molecule has 0 spiro atoms. The Morgan fingerprint density at radius 1 is 1.33 bits per heavy atom. The average Bonchev–Trinajstić information content (AvgIpc) is 2.16. The number of hydrogen-bond donors (Lipinski definition) is 2. The van der Waals surface area contributed by atoms with Crippen LogP contribution >= 0.6 is 0 Å². The van der Waals surface area contributed by atoms with E-state index >= 15 is 0 Å². The van der Waals surface area contributed by atoms with Crippen LogP contribution in [0.25, 0.3) is 6.08 Å². The maximum Gasteiger partial charge on any atom is 0.132 e. The highest BCUT2D eigenvalue weighted by atomic mass is 16.5. The van der Waals surface area contributed by atoms with Crippen molar-refractivity contribution in [2.45, 2.75) is 26.1 Å². The van der Waals surface area contributed by atoms with E-state index in [0.717, 1.165) is 0 Å². The van der Waals surface area contributed by atoms with Crippen LogP contribution in [0.2, 0.25) is 0 Å². The van der Waals surface area contributed by atoms with Crippen LogP contribution in [0.5, 0.6) is 11.5 Å². The van der Waals surface area contributed by atoms with Crippen LogP contribution in [-0.4, -0.2) is 15.8 Å². The molecule has 0 fully saturated rings. The summed E-state index contributed by atoms with van der Waals surface area (Å²) in [7, 11) is 0. The highest BCUT2D eigenvalue weighted by Gasteiger charge is 2.23. The van der Waals surface area contributed by atoms with Crippen LogP contribution in [0.3, 0.4) is 0 Å². The van der Waals surface area contributed by atoms with Gasteiger partial charge in [0.05, 0.1) is 12.2 Å². The molecule has 0 saturated carbocycles. The maximum atomic E-state index is 9.81. The molecule has 2 N–H and O–H groups in total. The fourth-order valence-corrected chi connectivity index (χ4v) is 1.61. The SMILES string of the molecule is CC1(C)C=Cc2c(ccc(CO)c2O)O1. The number of aliphatic hydroxyl groups is 1. The summed E-state index contributed by atoms with van der Waals surface area (Å²) in [5, 5.41) is 18.8. The standard InChI is InChI=1S/C12H14O3/c1-12(2)6-5-9-10(15-12)4-3-8(7-13)11(9)14/h3-6,13-14H,7H2,1-2H3. The minimum Gasteiger partial charge on any atom is -0.507 e. The number of ether oxygens (including phenoxy) is 1. The molecule has 15 heavy (non-hydrogen) atoms. The van der Waals surface area contributed by atoms with Gasteiger partial charge >= 0.3 is 0 Å². The third-order valence-electron chi connectivity index (χ3n) is 2.46. The molecule has 2 rings (SSSR count). The van der Waals surface area contributed by atoms with Gasteiger partial charge in [-0.1, -0.05) is 0 Å². The molecule has 3 nitrogen and oxygen atoms in total. The van der Waals surface area contributed by atoms with Gasteiger partial charge < -0.3 is 14.9 Å². The predicted molar refractivity (Wildman–Crippen MR) is 57.8 cm³/mol. The second-order valence-electron chi connectivity index (χ2n) is 4.18. The molecule has 0 atom stereocenters. The lowest BCUT2D eigenvalue weighted by atomic mass is 10.00. The summed E-state index contributed by atoms with van der Waals surface area (Å²) in [5.41, 5.74) is 0.808. The molecule has 1 aromatic carbocycles. The van der Waals surface area contributed by atoms with Gasteiger partial charge in [-0.3, -0.25) is 0 Å². The van der Waals surface area contributed by atoms with Crippen LogP contribution in [-0.2, 0) is 6.61 Å². The highest BCUT2D eigenvalue weighted by Crippen LogP contribution is 2.38. The maximum absolute atomic E-state index is 9.81. The molecule has 0 radical (unpaired) electrons. The first-order valence-electron chi connectivity index (χ1n) is 4.87. The van der Waals surface area contributed by atoms with E-state index in [9.17, 15) is 5.11 Å². The fourth-order valence-electron chi connectivity index (χ4n) is 1.61. The Hall–Kier alpha value is -1.48. The third-order valence-corrected chi connectivity index (χ3v) is 2.46. The minimum atomic E-state index is -0.347. The monoisotopic (exact) mass is 206 g/mol. The summed E-state index contributed by atoms with van der Waals surface area (Å²) in [6.45, 7) is 3.73. The Balaban J connectivity index is 2.52. The smallest absolute Gasteiger partial charge is 0.132 e. The van der Waals surface area contributed by atoms with Crippen molar-refractivity contribution in [1.29, 1.82) is 0 Å². The summed E-state index contributed by atoms with van der Waals surface area (Å²) >= 11 is 0. The van der Waals surface area contributed by atoms with Gasteiger partial charge in [0.25, 0.3) is 0 Å². The zero-order valence-electron chi connectivity index (χ0n) is 8.82. The molecule has 0 aromatic heterocycles. The van der Waals surface area contributed by atoms with Crippen LogP contribution in [0.1, 0.15) is 25.0 Å². The van der Waals surface area contributed by atoms with Crippen molar-refractivity contribution in [3.05, 3.63) is 29.3 Å². The first-order valence-corrected chi connectivity index (χ1v) is 4.87. The number of phenols is 1. The molecule has 0 amide bonds. The van der Waals surface area contributed by atoms with E-state index in [1.165, 1.54) is 0 Å². The van der Waals surface area contributed by atoms with Crippen molar-refractivity contribution in [1.82, 2.24) is 0 Å². The van der Waals surface area contributed by atoms with E-state index in [1.807, 2.05) is 26.0 Å². The number of hydrogen-bond acceptors (Lipinski definition) is 3. The third kappa shape index (κ3) is 1.70. The van der Waals surface area contributed by atoms with Gasteiger partial charge in [-0.05, 0) is 38.1 Å². The van der Waals surface area contributed by atoms with Crippen LogP contribution in [0.15, 0.2) is 18.2 Å². The zero-order chi connectivity index (χ0) is 11.1. The Labute approximate surface area is 88.6 Å². The van der Waals surface area contributed by atoms with E-state index in [-0.39, 0.29) is 18.0 Å². The Kier molecular flexibility index (Phi) is 2.20. The molecule has 80 valence electrons. The summed E-state index contributed by atoms with van der Waals surface area (Å²) in [4.78, 5) is 0. The molecule has 0 saturated heterocycles. The van der Waals surface area contributed by atoms with Gasteiger partial charge in [0.2, 0.25) is 0 Å². The molecule has 3 heteroatoms. The van der Waals surface area contributed by atoms with Gasteiger partial charge in [0.1, 0.15) is 17.1 Å². The van der Waals surface area contributed by atoms with E-state index in [1.54, 1.807) is 12.1 Å². The highest BCUT2D eigenvalue weighted by molar-refractivity contribution is 5.68. The Morgan fingerprint density at radius 2 is 2.07 bits per heavy atom. The molecule has 1 heterocycles. The summed E-state index contributed by atoms with van der Waals surface area (Å²) in [5.74, 6) is 0.749. The zero-order valence-corrected chi connectivity index (χ0v) is 8.82. The Bertz CT molecular complexity index is 419. The van der Waals surface area contributed by atoms with Crippen molar-refractivity contribution in [2.75, 3.05) is 0 Å². The van der Waals surface area contributed by atoms with Crippen LogP contribution < -0.4 is 4.74 Å². The van der Waals surface area contributed by atoms with Gasteiger partial charge in [-0.2, -0.15) is 0 Å². The topological polar surface area (TPSA) is 49.7 Å². The molecule has 0 aliphatic carbocycles. The minimum absolute atomic E-state index is 0.0988. The number of aliphatic hydroxyl groups excluding tert-OH is 1. The van der Waals surface area contributed by atoms with Crippen molar-refractivity contribution in [2.24, 2.45) is 0 Å². The normalized spacial score (nSPS) is 17.0. The largest absolute Gasteiger partial charge is 0.507 e.